The molecule has 33 heavy (non-hydrogen) atoms. The Morgan fingerprint density at radius 1 is 1.18 bits per heavy atom. The van der Waals surface area contributed by atoms with Gasteiger partial charge in [0.2, 0.25) is 5.91 Å². The second-order valence-corrected chi connectivity index (χ2v) is 8.21. The van der Waals surface area contributed by atoms with Gasteiger partial charge in [0.15, 0.2) is 6.23 Å². The number of anilines is 2. The van der Waals surface area contributed by atoms with Gasteiger partial charge >= 0.3 is 0 Å². The average Bonchev–Trinajstić information content (AvgIpc) is 2.74. The molecule has 9 nitrogen and oxygen atoms in total. The lowest BCUT2D eigenvalue weighted by molar-refractivity contribution is -0.116. The number of amides is 1. The van der Waals surface area contributed by atoms with Crippen LogP contribution in [0, 0.1) is 5.41 Å². The van der Waals surface area contributed by atoms with Crippen LogP contribution in [-0.2, 0) is 4.79 Å². The predicted molar refractivity (Wildman–Crippen MR) is 130 cm³/mol. The highest BCUT2D eigenvalue weighted by Gasteiger charge is 2.18. The van der Waals surface area contributed by atoms with Crippen molar-refractivity contribution in [3.63, 3.8) is 0 Å². The van der Waals surface area contributed by atoms with Crippen molar-refractivity contribution in [2.75, 3.05) is 31.7 Å². The summed E-state index contributed by atoms with van der Waals surface area (Å²) in [5.74, 6) is 0.580. The van der Waals surface area contributed by atoms with Gasteiger partial charge in [0.25, 0.3) is 0 Å². The molecule has 172 valence electrons. The number of nitrogens with two attached hydrogens (primary N) is 2. The smallest absolute Gasteiger partial charge is 0.239 e. The SMILES string of the molecule is CN(C)CC(=O)Nc1ccc(C(=N)c2cc(O[C@H](N)c3c(Cl)cncc3Cl)ccc2N)cn1. The quantitative estimate of drug-likeness (QED) is 0.216. The number of benzene rings is 1. The summed E-state index contributed by atoms with van der Waals surface area (Å²) >= 11 is 12.3. The average molecular weight is 488 g/mol. The Bertz CT molecular complexity index is 1150. The molecule has 3 aromatic rings. The molecule has 11 heteroatoms. The molecule has 2 heterocycles. The van der Waals surface area contributed by atoms with Gasteiger partial charge in [-0.2, -0.15) is 0 Å². The first-order valence-corrected chi connectivity index (χ1v) is 10.5. The summed E-state index contributed by atoms with van der Waals surface area (Å²) in [6.45, 7) is 0.237. The fourth-order valence-corrected chi connectivity index (χ4v) is 3.54. The number of carbonyl (C=O) groups excluding carboxylic acids is 1. The Morgan fingerprint density at radius 3 is 2.48 bits per heavy atom. The van der Waals surface area contributed by atoms with Crippen LogP contribution in [0.5, 0.6) is 5.75 Å². The number of pyridine rings is 2. The fraction of sp³-hybridized carbons (Fsp3) is 0.182. The Hall–Kier alpha value is -3.24. The summed E-state index contributed by atoms with van der Waals surface area (Å²) in [6, 6.07) is 8.15. The van der Waals surface area contributed by atoms with Gasteiger partial charge in [0.05, 0.1) is 22.3 Å². The van der Waals surface area contributed by atoms with Crippen LogP contribution in [0.1, 0.15) is 22.9 Å². The number of carbonyl (C=O) groups is 1. The van der Waals surface area contributed by atoms with Gasteiger partial charge in [0.1, 0.15) is 11.6 Å². The van der Waals surface area contributed by atoms with Crippen LogP contribution >= 0.6 is 23.2 Å². The van der Waals surface area contributed by atoms with Gasteiger partial charge < -0.3 is 20.7 Å². The maximum Gasteiger partial charge on any atom is 0.239 e. The number of rotatable bonds is 8. The molecule has 0 aliphatic heterocycles. The zero-order valence-electron chi connectivity index (χ0n) is 18.0. The molecule has 0 aliphatic carbocycles. The third-order valence-electron chi connectivity index (χ3n) is 4.51. The molecule has 0 aliphatic rings. The molecule has 1 amide bonds. The van der Waals surface area contributed by atoms with E-state index in [2.05, 4.69) is 15.3 Å². The van der Waals surface area contributed by atoms with Gasteiger partial charge in [0, 0.05) is 41.0 Å². The maximum atomic E-state index is 11.9. The number of ether oxygens (including phenoxy) is 1. The van der Waals surface area contributed by atoms with Crippen molar-refractivity contribution < 1.29 is 9.53 Å². The summed E-state index contributed by atoms with van der Waals surface area (Å²) in [5, 5.41) is 11.8. The molecule has 0 unspecified atom stereocenters. The van der Waals surface area contributed by atoms with Crippen LogP contribution in [0.15, 0.2) is 48.9 Å². The largest absolute Gasteiger partial charge is 0.471 e. The van der Waals surface area contributed by atoms with E-state index in [1.807, 2.05) is 0 Å². The lowest BCUT2D eigenvalue weighted by atomic mass is 10.0. The minimum Gasteiger partial charge on any atom is -0.471 e. The summed E-state index contributed by atoms with van der Waals surface area (Å²) in [5.41, 5.74) is 14.1. The Labute approximate surface area is 201 Å². The van der Waals surface area contributed by atoms with Crippen LogP contribution in [0.2, 0.25) is 10.0 Å². The van der Waals surface area contributed by atoms with Crippen LogP contribution in [-0.4, -0.2) is 47.1 Å². The molecule has 0 saturated heterocycles. The van der Waals surface area contributed by atoms with E-state index in [1.54, 1.807) is 49.3 Å². The van der Waals surface area contributed by atoms with Crippen molar-refractivity contribution in [2.45, 2.75) is 6.23 Å². The second-order valence-electron chi connectivity index (χ2n) is 7.40. The molecule has 0 bridgehead atoms. The monoisotopic (exact) mass is 487 g/mol. The van der Waals surface area contributed by atoms with E-state index in [-0.39, 0.29) is 28.2 Å². The number of hydrogen-bond acceptors (Lipinski definition) is 8. The van der Waals surface area contributed by atoms with Gasteiger partial charge in [-0.05, 0) is 44.4 Å². The molecular formula is C22H23Cl2N7O2. The van der Waals surface area contributed by atoms with Crippen LogP contribution in [0.25, 0.3) is 0 Å². The number of nitrogen functional groups attached to an aromatic ring is 1. The highest BCUT2D eigenvalue weighted by Crippen LogP contribution is 2.31. The molecule has 3 rings (SSSR count). The first-order valence-electron chi connectivity index (χ1n) is 9.76. The van der Waals surface area contributed by atoms with E-state index >= 15 is 0 Å². The van der Waals surface area contributed by atoms with Crippen LogP contribution in [0.3, 0.4) is 0 Å². The van der Waals surface area contributed by atoms with Crippen molar-refractivity contribution in [3.8, 4) is 5.75 Å². The third-order valence-corrected chi connectivity index (χ3v) is 5.11. The highest BCUT2D eigenvalue weighted by molar-refractivity contribution is 6.35. The molecule has 0 fully saturated rings. The molecule has 0 spiro atoms. The maximum absolute atomic E-state index is 11.9. The van der Waals surface area contributed by atoms with E-state index in [4.69, 9.17) is 44.8 Å². The van der Waals surface area contributed by atoms with E-state index in [0.717, 1.165) is 0 Å². The Kier molecular flexibility index (Phi) is 7.83. The lowest BCUT2D eigenvalue weighted by Gasteiger charge is -2.18. The fourth-order valence-electron chi connectivity index (χ4n) is 2.96. The summed E-state index contributed by atoms with van der Waals surface area (Å²) in [7, 11) is 3.60. The van der Waals surface area contributed by atoms with Gasteiger partial charge in [-0.3, -0.25) is 20.9 Å². The molecule has 2 aromatic heterocycles. The second kappa shape index (κ2) is 10.6. The molecule has 1 aromatic carbocycles. The Balaban J connectivity index is 1.77. The molecule has 1 atom stereocenters. The molecule has 0 saturated carbocycles. The number of nitrogens with one attached hydrogen (secondary N) is 2. The molecular weight excluding hydrogens is 465 g/mol. The van der Waals surface area contributed by atoms with Gasteiger partial charge in [-0.1, -0.05) is 23.2 Å². The van der Waals surface area contributed by atoms with Crippen molar-refractivity contribution in [1.29, 1.82) is 5.41 Å². The van der Waals surface area contributed by atoms with E-state index in [1.165, 1.54) is 18.6 Å². The minimum absolute atomic E-state index is 0.130. The van der Waals surface area contributed by atoms with Crippen molar-refractivity contribution in [2.24, 2.45) is 5.73 Å². The van der Waals surface area contributed by atoms with E-state index in [0.29, 0.717) is 33.9 Å². The summed E-state index contributed by atoms with van der Waals surface area (Å²) in [6.07, 6.45) is 3.39. The minimum atomic E-state index is -0.953. The van der Waals surface area contributed by atoms with Crippen molar-refractivity contribution in [1.82, 2.24) is 14.9 Å². The predicted octanol–water partition coefficient (Wildman–Crippen LogP) is 3.32. The third kappa shape index (κ3) is 6.17. The van der Waals surface area contributed by atoms with Crippen LogP contribution < -0.4 is 21.5 Å². The number of likely N-dealkylation sites (N-methyl/N-ethyl adjacent to an activating group) is 1. The molecule has 6 N–H and O–H groups in total. The van der Waals surface area contributed by atoms with Crippen molar-refractivity contribution in [3.05, 3.63) is 75.7 Å². The van der Waals surface area contributed by atoms with Crippen LogP contribution in [0.4, 0.5) is 11.5 Å². The summed E-state index contributed by atoms with van der Waals surface area (Å²) < 4.78 is 5.80. The number of hydrogen-bond donors (Lipinski definition) is 4. The first-order chi connectivity index (χ1) is 15.7. The Morgan fingerprint density at radius 2 is 1.88 bits per heavy atom. The van der Waals surface area contributed by atoms with E-state index in [9.17, 15) is 4.79 Å². The number of halogens is 2. The normalized spacial score (nSPS) is 11.8. The first kappa shape index (κ1) is 24.4. The van der Waals surface area contributed by atoms with E-state index < -0.39 is 6.23 Å². The van der Waals surface area contributed by atoms with Gasteiger partial charge in [-0.25, -0.2) is 4.98 Å². The number of nitrogens with zero attached hydrogens (tertiary/aromatic N) is 3. The zero-order valence-corrected chi connectivity index (χ0v) is 19.5. The lowest BCUT2D eigenvalue weighted by Crippen LogP contribution is -2.27. The zero-order chi connectivity index (χ0) is 24.1. The molecule has 0 radical (unpaired) electrons. The number of aromatic nitrogens is 2. The summed E-state index contributed by atoms with van der Waals surface area (Å²) in [4.78, 5) is 21.7. The van der Waals surface area contributed by atoms with Gasteiger partial charge in [-0.15, -0.1) is 0 Å². The topological polar surface area (TPSA) is 143 Å². The highest BCUT2D eigenvalue weighted by atomic mass is 35.5. The standard InChI is InChI=1S/C22H23Cl2N7O2/c1-31(2)11-19(32)30-18-6-3-12(8-29-18)21(26)14-7-13(4-5-17(14)25)33-22(27)20-15(23)9-28-10-16(20)24/h3-10,22,26H,11,25,27H2,1-2H3,(H,29,30,32)/t22-/m0/s1. The van der Waals surface area contributed by atoms with Crippen molar-refractivity contribution >= 4 is 46.3 Å².